The van der Waals surface area contributed by atoms with E-state index in [1.807, 2.05) is 13.1 Å². The summed E-state index contributed by atoms with van der Waals surface area (Å²) in [7, 11) is 0. The normalized spacial score (nSPS) is 29.4. The zero-order valence-corrected chi connectivity index (χ0v) is 7.15. The second-order valence-electron chi connectivity index (χ2n) is 2.81. The van der Waals surface area contributed by atoms with Gasteiger partial charge in [-0.15, -0.1) is 11.8 Å². The zero-order chi connectivity index (χ0) is 8.01. The first kappa shape index (κ1) is 6.98. The number of hydrogen-bond donors (Lipinski definition) is 0. The molecule has 2 aliphatic rings. The summed E-state index contributed by atoms with van der Waals surface area (Å²) in [4.78, 5) is 13.8. The number of rotatable bonds is 0. The maximum Gasteiger partial charge on any atom is 0.230 e. The maximum absolute atomic E-state index is 11.0. The van der Waals surface area contributed by atoms with Gasteiger partial charge >= 0.3 is 0 Å². The van der Waals surface area contributed by atoms with Crippen molar-refractivity contribution in [3.63, 3.8) is 0 Å². The number of allylic oxidation sites excluding steroid dienone is 1. The number of carbonyl (C=O) groups is 1. The van der Waals surface area contributed by atoms with Gasteiger partial charge < -0.3 is 4.90 Å². The fourth-order valence-corrected chi connectivity index (χ4v) is 2.28. The highest BCUT2D eigenvalue weighted by molar-refractivity contribution is 8.04. The summed E-state index contributed by atoms with van der Waals surface area (Å²) in [5, 5.41) is 0.346. The standard InChI is InChI=1S/C8H9NOS/c1-5-4-9-7(10)3-8(9)11-6(5)2/h4,8H,2-3H2,1H3/t8-/m1/s1. The van der Waals surface area contributed by atoms with Crippen LogP contribution in [0.3, 0.4) is 0 Å². The van der Waals surface area contributed by atoms with Gasteiger partial charge in [-0.3, -0.25) is 4.79 Å². The molecule has 2 heterocycles. The molecular formula is C8H9NOS. The second-order valence-corrected chi connectivity index (χ2v) is 4.09. The molecule has 11 heavy (non-hydrogen) atoms. The van der Waals surface area contributed by atoms with Crippen LogP contribution in [0.25, 0.3) is 0 Å². The second kappa shape index (κ2) is 2.14. The van der Waals surface area contributed by atoms with E-state index >= 15 is 0 Å². The molecule has 0 aromatic rings. The predicted octanol–water partition coefficient (Wildman–Crippen LogP) is 1.71. The number of nitrogens with zero attached hydrogens (tertiary/aromatic N) is 1. The van der Waals surface area contributed by atoms with Crippen LogP contribution in [0, 0.1) is 0 Å². The third-order valence-electron chi connectivity index (χ3n) is 2.00. The van der Waals surface area contributed by atoms with E-state index in [1.54, 1.807) is 16.7 Å². The van der Waals surface area contributed by atoms with E-state index in [0.29, 0.717) is 11.8 Å². The fraction of sp³-hybridized carbons (Fsp3) is 0.375. The molecule has 2 aliphatic heterocycles. The highest BCUT2D eigenvalue weighted by Gasteiger charge is 2.38. The SMILES string of the molecule is C=C1S[C@@H]2CC(=O)N2C=C1C. The van der Waals surface area contributed by atoms with E-state index < -0.39 is 0 Å². The molecule has 0 N–H and O–H groups in total. The van der Waals surface area contributed by atoms with E-state index in [0.717, 1.165) is 10.5 Å². The molecule has 0 spiro atoms. The first-order valence-corrected chi connectivity index (χ1v) is 4.42. The molecule has 0 aliphatic carbocycles. The average molecular weight is 167 g/mol. The van der Waals surface area contributed by atoms with Crippen LogP contribution < -0.4 is 0 Å². The molecule has 1 fully saturated rings. The van der Waals surface area contributed by atoms with Gasteiger partial charge in [0.1, 0.15) is 0 Å². The van der Waals surface area contributed by atoms with Crippen molar-refractivity contribution in [1.29, 1.82) is 0 Å². The van der Waals surface area contributed by atoms with Gasteiger partial charge in [-0.2, -0.15) is 0 Å². The fourth-order valence-electron chi connectivity index (χ4n) is 1.19. The number of carbonyl (C=O) groups excluding carboxylic acids is 1. The van der Waals surface area contributed by atoms with Crippen molar-refractivity contribution < 1.29 is 4.79 Å². The van der Waals surface area contributed by atoms with Crippen LogP contribution in [-0.4, -0.2) is 16.2 Å². The van der Waals surface area contributed by atoms with Gasteiger partial charge in [0.15, 0.2) is 0 Å². The van der Waals surface area contributed by atoms with Crippen LogP contribution in [0.4, 0.5) is 0 Å². The Bertz CT molecular complexity index is 269. The van der Waals surface area contributed by atoms with Gasteiger partial charge in [-0.25, -0.2) is 0 Å². The lowest BCUT2D eigenvalue weighted by Gasteiger charge is -2.41. The Labute approximate surface area is 69.9 Å². The molecule has 3 heteroatoms. The lowest BCUT2D eigenvalue weighted by molar-refractivity contribution is -0.137. The minimum absolute atomic E-state index is 0.231. The highest BCUT2D eigenvalue weighted by Crippen LogP contribution is 2.41. The number of thioether (sulfide) groups is 1. The Balaban J connectivity index is 2.27. The van der Waals surface area contributed by atoms with E-state index in [2.05, 4.69) is 6.58 Å². The third-order valence-corrected chi connectivity index (χ3v) is 3.27. The molecule has 1 saturated heterocycles. The summed E-state index contributed by atoms with van der Waals surface area (Å²) in [5.74, 6) is 0.231. The summed E-state index contributed by atoms with van der Waals surface area (Å²) in [6.45, 7) is 5.88. The van der Waals surface area contributed by atoms with Gasteiger partial charge in [0.05, 0.1) is 11.8 Å². The van der Waals surface area contributed by atoms with Crippen molar-refractivity contribution >= 4 is 17.7 Å². The molecular weight excluding hydrogens is 158 g/mol. The van der Waals surface area contributed by atoms with Gasteiger partial charge in [0.25, 0.3) is 0 Å². The number of hydrogen-bond acceptors (Lipinski definition) is 2. The Morgan fingerprint density at radius 1 is 1.82 bits per heavy atom. The monoisotopic (exact) mass is 167 g/mol. The van der Waals surface area contributed by atoms with Crippen molar-refractivity contribution in [3.05, 3.63) is 23.3 Å². The molecule has 58 valence electrons. The van der Waals surface area contributed by atoms with Crippen molar-refractivity contribution in [2.75, 3.05) is 0 Å². The van der Waals surface area contributed by atoms with E-state index in [-0.39, 0.29) is 5.91 Å². The van der Waals surface area contributed by atoms with E-state index in [1.165, 1.54) is 0 Å². The zero-order valence-electron chi connectivity index (χ0n) is 6.33. The highest BCUT2D eigenvalue weighted by atomic mass is 32.2. The Morgan fingerprint density at radius 3 is 3.18 bits per heavy atom. The van der Waals surface area contributed by atoms with Crippen LogP contribution >= 0.6 is 11.8 Å². The summed E-state index contributed by atoms with van der Waals surface area (Å²) in [6.07, 6.45) is 2.57. The Morgan fingerprint density at radius 2 is 2.55 bits per heavy atom. The molecule has 1 amide bonds. The smallest absolute Gasteiger partial charge is 0.230 e. The predicted molar refractivity (Wildman–Crippen MR) is 45.7 cm³/mol. The largest absolute Gasteiger partial charge is 0.305 e. The van der Waals surface area contributed by atoms with Crippen molar-refractivity contribution in [2.24, 2.45) is 0 Å². The van der Waals surface area contributed by atoms with Crippen molar-refractivity contribution in [3.8, 4) is 0 Å². The molecule has 1 atom stereocenters. The van der Waals surface area contributed by atoms with Gasteiger partial charge in [0, 0.05) is 11.1 Å². The number of fused-ring (bicyclic) bond motifs is 1. The molecule has 0 aromatic carbocycles. The topological polar surface area (TPSA) is 20.3 Å². The molecule has 0 unspecified atom stereocenters. The van der Waals surface area contributed by atoms with Gasteiger partial charge in [-0.1, -0.05) is 6.58 Å². The Hall–Kier alpha value is -0.700. The van der Waals surface area contributed by atoms with Crippen LogP contribution in [-0.2, 0) is 4.79 Å². The molecule has 0 aromatic heterocycles. The summed E-state index contributed by atoms with van der Waals surface area (Å²) in [6, 6.07) is 0. The first-order valence-electron chi connectivity index (χ1n) is 3.54. The lowest BCUT2D eigenvalue weighted by atomic mass is 10.2. The third kappa shape index (κ3) is 0.913. The Kier molecular flexibility index (Phi) is 1.36. The minimum atomic E-state index is 0.231. The minimum Gasteiger partial charge on any atom is -0.305 e. The number of β-lactam (4-membered cyclic amide) rings is 1. The maximum atomic E-state index is 11.0. The van der Waals surface area contributed by atoms with Crippen LogP contribution in [0.15, 0.2) is 23.3 Å². The van der Waals surface area contributed by atoms with Crippen LogP contribution in [0.1, 0.15) is 13.3 Å². The van der Waals surface area contributed by atoms with E-state index in [4.69, 9.17) is 0 Å². The molecule has 0 bridgehead atoms. The quantitative estimate of drug-likeness (QED) is 0.512. The molecule has 0 radical (unpaired) electrons. The summed E-state index contributed by atoms with van der Waals surface area (Å²) < 4.78 is 0. The molecule has 2 rings (SSSR count). The van der Waals surface area contributed by atoms with Crippen molar-refractivity contribution in [1.82, 2.24) is 4.90 Å². The number of amides is 1. The lowest BCUT2D eigenvalue weighted by Crippen LogP contribution is -2.48. The van der Waals surface area contributed by atoms with Gasteiger partial charge in [0.2, 0.25) is 5.91 Å². The van der Waals surface area contributed by atoms with Crippen LogP contribution in [0.5, 0.6) is 0 Å². The van der Waals surface area contributed by atoms with Crippen molar-refractivity contribution in [2.45, 2.75) is 18.7 Å². The molecule has 0 saturated carbocycles. The summed E-state index contributed by atoms with van der Waals surface area (Å²) >= 11 is 1.69. The molecule has 2 nitrogen and oxygen atoms in total. The van der Waals surface area contributed by atoms with Gasteiger partial charge in [-0.05, 0) is 12.5 Å². The summed E-state index contributed by atoms with van der Waals surface area (Å²) in [5.41, 5.74) is 1.11. The van der Waals surface area contributed by atoms with E-state index in [9.17, 15) is 4.79 Å². The van der Waals surface area contributed by atoms with Crippen LogP contribution in [0.2, 0.25) is 0 Å². The first-order chi connectivity index (χ1) is 5.18. The average Bonchev–Trinajstić information content (AvgIpc) is 1.97.